The maximum atomic E-state index is 13.2. The normalized spacial score (nSPS) is 11.3. The zero-order valence-corrected chi connectivity index (χ0v) is 12.4. The first-order valence-corrected chi connectivity index (χ1v) is 7.05. The highest BCUT2D eigenvalue weighted by molar-refractivity contribution is 9.10. The zero-order chi connectivity index (χ0) is 14.8. The van der Waals surface area contributed by atoms with Gasteiger partial charge in [-0.15, -0.1) is 0 Å². The fourth-order valence-electron chi connectivity index (χ4n) is 1.95. The highest BCUT2D eigenvalue weighted by Crippen LogP contribution is 2.18. The number of aromatic nitrogens is 2. The van der Waals surface area contributed by atoms with E-state index in [1.54, 1.807) is 30.4 Å². The summed E-state index contributed by atoms with van der Waals surface area (Å²) < 4.78 is 13.5. The standard InChI is InChI=1S/C16H10BrFN2O/c17-11-9-10(5-7-12(11)18)6-8-15-16(21)20-14-4-2-1-3-13(14)19-15/h1-9H,(H,20,21)/b8-6+. The molecular formula is C16H10BrFN2O. The lowest BCUT2D eigenvalue weighted by molar-refractivity contribution is 0.621. The summed E-state index contributed by atoms with van der Waals surface area (Å²) >= 11 is 3.13. The summed E-state index contributed by atoms with van der Waals surface area (Å²) in [6, 6.07) is 12.0. The van der Waals surface area contributed by atoms with Gasteiger partial charge in [0.1, 0.15) is 11.5 Å². The molecule has 1 aromatic heterocycles. The lowest BCUT2D eigenvalue weighted by atomic mass is 10.2. The van der Waals surface area contributed by atoms with Crippen molar-refractivity contribution in [3.05, 3.63) is 74.4 Å². The van der Waals surface area contributed by atoms with Crippen LogP contribution in [0.1, 0.15) is 11.3 Å². The number of benzene rings is 2. The molecule has 2 aromatic carbocycles. The summed E-state index contributed by atoms with van der Waals surface area (Å²) in [7, 11) is 0. The molecule has 3 nitrogen and oxygen atoms in total. The maximum Gasteiger partial charge on any atom is 0.274 e. The topological polar surface area (TPSA) is 45.8 Å². The second-order valence-corrected chi connectivity index (χ2v) is 5.33. The fraction of sp³-hybridized carbons (Fsp3) is 0. The van der Waals surface area contributed by atoms with Gasteiger partial charge in [-0.05, 0) is 51.8 Å². The van der Waals surface area contributed by atoms with Gasteiger partial charge in [0.15, 0.2) is 0 Å². The van der Waals surface area contributed by atoms with Gasteiger partial charge < -0.3 is 4.98 Å². The minimum atomic E-state index is -0.325. The summed E-state index contributed by atoms with van der Waals surface area (Å²) in [5.74, 6) is -0.325. The highest BCUT2D eigenvalue weighted by atomic mass is 79.9. The molecule has 1 heterocycles. The summed E-state index contributed by atoms with van der Waals surface area (Å²) in [4.78, 5) is 19.0. The number of halogens is 2. The van der Waals surface area contributed by atoms with Crippen molar-refractivity contribution in [3.63, 3.8) is 0 Å². The molecule has 0 spiro atoms. The van der Waals surface area contributed by atoms with Crippen molar-refractivity contribution in [2.24, 2.45) is 0 Å². The van der Waals surface area contributed by atoms with Crippen LogP contribution in [0.4, 0.5) is 4.39 Å². The SMILES string of the molecule is O=c1[nH]c2ccccc2nc1/C=C/c1ccc(F)c(Br)c1. The van der Waals surface area contributed by atoms with Crippen LogP contribution in [0.3, 0.4) is 0 Å². The van der Waals surface area contributed by atoms with Crippen molar-refractivity contribution < 1.29 is 4.39 Å². The first-order chi connectivity index (χ1) is 10.1. The van der Waals surface area contributed by atoms with Gasteiger partial charge in [-0.25, -0.2) is 9.37 Å². The summed E-state index contributed by atoms with van der Waals surface area (Å²) in [5, 5.41) is 0. The zero-order valence-electron chi connectivity index (χ0n) is 10.8. The average molecular weight is 345 g/mol. The molecule has 0 aliphatic carbocycles. The quantitative estimate of drug-likeness (QED) is 0.763. The van der Waals surface area contributed by atoms with Crippen LogP contribution in [0.15, 0.2) is 51.7 Å². The number of H-pyrrole nitrogens is 1. The summed E-state index contributed by atoms with van der Waals surface area (Å²) in [6.45, 7) is 0. The van der Waals surface area contributed by atoms with Crippen molar-refractivity contribution in [2.45, 2.75) is 0 Å². The van der Waals surface area contributed by atoms with Gasteiger partial charge in [-0.3, -0.25) is 4.79 Å². The largest absolute Gasteiger partial charge is 0.319 e. The number of hydrogen-bond donors (Lipinski definition) is 1. The van der Waals surface area contributed by atoms with E-state index in [2.05, 4.69) is 25.9 Å². The van der Waals surface area contributed by atoms with E-state index in [-0.39, 0.29) is 11.4 Å². The predicted octanol–water partition coefficient (Wildman–Crippen LogP) is 4.00. The predicted molar refractivity (Wildman–Crippen MR) is 85.4 cm³/mol. The Bertz CT molecular complexity index is 902. The van der Waals surface area contributed by atoms with Crippen molar-refractivity contribution >= 4 is 39.1 Å². The van der Waals surface area contributed by atoms with Crippen LogP contribution in [-0.4, -0.2) is 9.97 Å². The van der Waals surface area contributed by atoms with E-state index in [1.807, 2.05) is 18.2 Å². The Kier molecular flexibility index (Phi) is 3.66. The molecule has 3 aromatic rings. The lowest BCUT2D eigenvalue weighted by Gasteiger charge is -1.99. The van der Waals surface area contributed by atoms with Crippen molar-refractivity contribution in [1.29, 1.82) is 0 Å². The minimum Gasteiger partial charge on any atom is -0.319 e. The molecule has 0 amide bonds. The Morgan fingerprint density at radius 2 is 1.95 bits per heavy atom. The number of hydrogen-bond acceptors (Lipinski definition) is 2. The van der Waals surface area contributed by atoms with Crippen molar-refractivity contribution in [2.75, 3.05) is 0 Å². The van der Waals surface area contributed by atoms with Gasteiger partial charge in [-0.2, -0.15) is 0 Å². The molecule has 0 bridgehead atoms. The highest BCUT2D eigenvalue weighted by Gasteiger charge is 2.02. The van der Waals surface area contributed by atoms with E-state index < -0.39 is 0 Å². The van der Waals surface area contributed by atoms with Gasteiger partial charge >= 0.3 is 0 Å². The van der Waals surface area contributed by atoms with Gasteiger partial charge in [0.25, 0.3) is 5.56 Å². The van der Waals surface area contributed by atoms with Crippen LogP contribution in [-0.2, 0) is 0 Å². The number of nitrogens with one attached hydrogen (secondary N) is 1. The van der Waals surface area contributed by atoms with Gasteiger partial charge in [0, 0.05) is 0 Å². The first kappa shape index (κ1) is 13.7. The number of aromatic amines is 1. The van der Waals surface area contributed by atoms with Crippen LogP contribution in [0.25, 0.3) is 23.2 Å². The Morgan fingerprint density at radius 3 is 2.76 bits per heavy atom. The lowest BCUT2D eigenvalue weighted by Crippen LogP contribution is -2.11. The molecule has 0 unspecified atom stereocenters. The third-order valence-corrected chi connectivity index (χ3v) is 3.61. The smallest absolute Gasteiger partial charge is 0.274 e. The number of para-hydroxylation sites is 2. The van der Waals surface area contributed by atoms with E-state index in [0.717, 1.165) is 11.1 Å². The molecule has 0 aliphatic heterocycles. The third-order valence-electron chi connectivity index (χ3n) is 3.00. The first-order valence-electron chi connectivity index (χ1n) is 6.26. The monoisotopic (exact) mass is 344 g/mol. The molecule has 21 heavy (non-hydrogen) atoms. The Labute approximate surface area is 128 Å². The second-order valence-electron chi connectivity index (χ2n) is 4.48. The number of fused-ring (bicyclic) bond motifs is 1. The molecule has 0 fully saturated rings. The van der Waals surface area contributed by atoms with E-state index >= 15 is 0 Å². The Balaban J connectivity index is 2.00. The Hall–Kier alpha value is -2.27. The molecule has 0 radical (unpaired) electrons. The van der Waals surface area contributed by atoms with E-state index in [4.69, 9.17) is 0 Å². The Morgan fingerprint density at radius 1 is 1.14 bits per heavy atom. The van der Waals surface area contributed by atoms with E-state index in [9.17, 15) is 9.18 Å². The minimum absolute atomic E-state index is 0.258. The van der Waals surface area contributed by atoms with Crippen LogP contribution < -0.4 is 5.56 Å². The molecule has 0 aliphatic rings. The fourth-order valence-corrected chi connectivity index (χ4v) is 2.34. The van der Waals surface area contributed by atoms with Crippen LogP contribution in [0, 0.1) is 5.82 Å². The molecule has 5 heteroatoms. The second kappa shape index (κ2) is 5.61. The van der Waals surface area contributed by atoms with Gasteiger partial charge in [0.2, 0.25) is 0 Å². The summed E-state index contributed by atoms with van der Waals surface area (Å²) in [6.07, 6.45) is 3.33. The maximum absolute atomic E-state index is 13.2. The molecule has 0 saturated heterocycles. The van der Waals surface area contributed by atoms with Crippen molar-refractivity contribution in [1.82, 2.24) is 9.97 Å². The van der Waals surface area contributed by atoms with E-state index in [1.165, 1.54) is 6.07 Å². The summed E-state index contributed by atoms with van der Waals surface area (Å²) in [5.41, 5.74) is 2.25. The number of nitrogens with zero attached hydrogens (tertiary/aromatic N) is 1. The number of rotatable bonds is 2. The van der Waals surface area contributed by atoms with Crippen molar-refractivity contribution in [3.8, 4) is 0 Å². The molecule has 0 atom stereocenters. The molecule has 3 rings (SSSR count). The molecular weight excluding hydrogens is 335 g/mol. The van der Waals surface area contributed by atoms with E-state index in [0.29, 0.717) is 15.7 Å². The molecule has 1 N–H and O–H groups in total. The van der Waals surface area contributed by atoms with Gasteiger partial charge in [-0.1, -0.05) is 24.3 Å². The van der Waals surface area contributed by atoms with Crippen LogP contribution in [0.5, 0.6) is 0 Å². The molecule has 0 saturated carbocycles. The average Bonchev–Trinajstić information content (AvgIpc) is 2.48. The van der Waals surface area contributed by atoms with Crippen LogP contribution in [0.2, 0.25) is 0 Å². The third kappa shape index (κ3) is 2.92. The van der Waals surface area contributed by atoms with Crippen LogP contribution >= 0.6 is 15.9 Å². The molecule has 104 valence electrons. The van der Waals surface area contributed by atoms with Gasteiger partial charge in [0.05, 0.1) is 15.5 Å².